The zero-order valence-corrected chi connectivity index (χ0v) is 26.8. The predicted octanol–water partition coefficient (Wildman–Crippen LogP) is 9.98. The topological polar surface area (TPSA) is 36.9 Å². The quantitative estimate of drug-likeness (QED) is 0.0960. The minimum absolute atomic E-state index is 0.600. The predicted molar refractivity (Wildman–Crippen MR) is 156 cm³/mol. The molecule has 0 unspecified atom stereocenters. The van der Waals surface area contributed by atoms with Crippen LogP contribution in [0.5, 0.6) is 0 Å². The van der Waals surface area contributed by atoms with Crippen LogP contribution in [0.4, 0.5) is 0 Å². The summed E-state index contributed by atoms with van der Waals surface area (Å²) in [5, 5.41) is 0. The summed E-state index contributed by atoms with van der Waals surface area (Å²) in [7, 11) is 0. The smallest absolute Gasteiger partial charge is 0.256 e. The Balaban J connectivity index is 5.19. The van der Waals surface area contributed by atoms with E-state index in [4.69, 9.17) is 41.7 Å². The largest absolute Gasteiger partial charge is 0.321 e. The summed E-state index contributed by atoms with van der Waals surface area (Å²) >= 11 is 13.4. The first-order valence-corrected chi connectivity index (χ1v) is 20.2. The maximum atomic E-state index is 6.24. The number of rotatable bonds is 22. The Morgan fingerprint density at radius 2 is 0.697 bits per heavy atom. The first kappa shape index (κ1) is 34.5. The van der Waals surface area contributed by atoms with Crippen LogP contribution in [-0.2, 0) is 41.7 Å². The standard InChI is InChI=1S/C24H52O4P2S3/c1-21(2)13-9-17-25-29(31,26-18-10-14-22(3)4)33-30(32,27-19-11-15-23(5)6)28-20-12-16-24(7)8/h21-24H,9-20H2,1-8H3. The Bertz CT molecular complexity index is 484. The van der Waals surface area contributed by atoms with Crippen LogP contribution in [0.2, 0.25) is 0 Å². The van der Waals surface area contributed by atoms with Crippen molar-refractivity contribution < 1.29 is 18.1 Å². The second-order valence-corrected chi connectivity index (χ2v) is 22.6. The second-order valence-electron chi connectivity index (χ2n) is 10.5. The molecule has 200 valence electrons. The van der Waals surface area contributed by atoms with Gasteiger partial charge in [-0.25, -0.2) is 0 Å². The van der Waals surface area contributed by atoms with Gasteiger partial charge in [0, 0.05) is 11.0 Å². The summed E-state index contributed by atoms with van der Waals surface area (Å²) in [5.74, 6) is 2.57. The van der Waals surface area contributed by atoms with Gasteiger partial charge in [-0.1, -0.05) is 55.4 Å². The molecule has 0 spiro atoms. The third-order valence-corrected chi connectivity index (χ3v) is 18.2. The minimum atomic E-state index is -2.65. The Morgan fingerprint density at radius 3 is 0.879 bits per heavy atom. The molecular weight excluding hydrogens is 510 g/mol. The van der Waals surface area contributed by atoms with Crippen LogP contribution in [0.25, 0.3) is 0 Å². The van der Waals surface area contributed by atoms with Crippen LogP contribution < -0.4 is 0 Å². The zero-order valence-electron chi connectivity index (χ0n) is 22.5. The SMILES string of the molecule is CC(C)CCCOP(=S)(OCCCC(C)C)SP(=S)(OCCCC(C)C)OCCCC(C)C. The summed E-state index contributed by atoms with van der Waals surface area (Å²) in [6, 6.07) is 0. The van der Waals surface area contributed by atoms with Crippen molar-refractivity contribution in [1.29, 1.82) is 0 Å². The fourth-order valence-corrected chi connectivity index (χ4v) is 17.8. The first-order valence-electron chi connectivity index (χ1n) is 12.9. The Kier molecular flexibility index (Phi) is 20.5. The molecule has 0 saturated heterocycles. The fraction of sp³-hybridized carbons (Fsp3) is 1.00. The molecule has 0 saturated carbocycles. The summed E-state index contributed by atoms with van der Waals surface area (Å²) in [4.78, 5) is 0. The molecule has 0 radical (unpaired) electrons. The molecule has 0 aromatic heterocycles. The molecule has 0 fully saturated rings. The van der Waals surface area contributed by atoms with E-state index < -0.39 is 11.4 Å². The van der Waals surface area contributed by atoms with Gasteiger partial charge in [0.25, 0.3) is 11.4 Å². The highest BCUT2D eigenvalue weighted by Crippen LogP contribution is 2.80. The van der Waals surface area contributed by atoms with Gasteiger partial charge in [0.2, 0.25) is 0 Å². The minimum Gasteiger partial charge on any atom is -0.321 e. The van der Waals surface area contributed by atoms with Crippen molar-refractivity contribution in [1.82, 2.24) is 0 Å². The van der Waals surface area contributed by atoms with Gasteiger partial charge < -0.3 is 18.1 Å². The molecule has 9 heteroatoms. The van der Waals surface area contributed by atoms with Crippen LogP contribution in [0.15, 0.2) is 0 Å². The molecule has 0 aromatic carbocycles. The molecule has 0 amide bonds. The van der Waals surface area contributed by atoms with Crippen molar-refractivity contribution in [3.63, 3.8) is 0 Å². The lowest BCUT2D eigenvalue weighted by molar-refractivity contribution is 0.241. The van der Waals surface area contributed by atoms with Crippen molar-refractivity contribution in [2.75, 3.05) is 26.4 Å². The van der Waals surface area contributed by atoms with Gasteiger partial charge in [-0.3, -0.25) is 0 Å². The van der Waals surface area contributed by atoms with Gasteiger partial charge >= 0.3 is 0 Å². The van der Waals surface area contributed by atoms with Crippen LogP contribution in [-0.4, -0.2) is 26.4 Å². The molecule has 4 nitrogen and oxygen atoms in total. The summed E-state index contributed by atoms with van der Waals surface area (Å²) in [6.45, 7) is 20.2. The maximum absolute atomic E-state index is 6.24. The van der Waals surface area contributed by atoms with Crippen molar-refractivity contribution in [2.45, 2.75) is 107 Å². The van der Waals surface area contributed by atoms with Gasteiger partial charge in [-0.2, -0.15) is 0 Å². The Morgan fingerprint density at radius 1 is 0.485 bits per heavy atom. The molecule has 0 atom stereocenters. The summed E-state index contributed by atoms with van der Waals surface area (Å²) < 4.78 is 25.0. The highest BCUT2D eigenvalue weighted by atomic mass is 33.2. The van der Waals surface area contributed by atoms with Crippen molar-refractivity contribution >= 4 is 46.0 Å². The van der Waals surface area contributed by atoms with E-state index in [1.807, 2.05) is 0 Å². The third-order valence-electron chi connectivity index (χ3n) is 4.90. The third kappa shape index (κ3) is 21.3. The normalized spacial score (nSPS) is 13.2. The van der Waals surface area contributed by atoms with Crippen molar-refractivity contribution in [3.8, 4) is 0 Å². The molecule has 0 rings (SSSR count). The van der Waals surface area contributed by atoms with E-state index in [2.05, 4.69) is 55.4 Å². The average Bonchev–Trinajstić information content (AvgIpc) is 2.69. The molecular formula is C24H52O4P2S3. The molecule has 0 heterocycles. The van der Waals surface area contributed by atoms with Gasteiger partial charge in [0.05, 0.1) is 26.4 Å². The first-order chi connectivity index (χ1) is 15.4. The van der Waals surface area contributed by atoms with E-state index in [0.29, 0.717) is 50.1 Å². The van der Waals surface area contributed by atoms with Gasteiger partial charge in [0.15, 0.2) is 0 Å². The van der Waals surface area contributed by atoms with Crippen molar-refractivity contribution in [3.05, 3.63) is 0 Å². The molecule has 0 aliphatic heterocycles. The second kappa shape index (κ2) is 19.6. The number of hydrogen-bond donors (Lipinski definition) is 0. The van der Waals surface area contributed by atoms with Gasteiger partial charge in [-0.05, 0) is 98.7 Å². The van der Waals surface area contributed by atoms with Gasteiger partial charge in [0.1, 0.15) is 0 Å². The lowest BCUT2D eigenvalue weighted by Crippen LogP contribution is -2.03. The summed E-state index contributed by atoms with van der Waals surface area (Å²) in [6.07, 6.45) is 8.33. The Hall–Kier alpha value is 1.49. The van der Waals surface area contributed by atoms with E-state index in [-0.39, 0.29) is 0 Å². The number of hydrogen-bond acceptors (Lipinski definition) is 7. The monoisotopic (exact) mass is 562 g/mol. The molecule has 33 heavy (non-hydrogen) atoms. The van der Waals surface area contributed by atoms with Crippen LogP contribution in [0.3, 0.4) is 0 Å². The highest BCUT2D eigenvalue weighted by Gasteiger charge is 2.33. The summed E-state index contributed by atoms with van der Waals surface area (Å²) in [5.41, 5.74) is -5.30. The van der Waals surface area contributed by atoms with E-state index >= 15 is 0 Å². The average molecular weight is 563 g/mol. The lowest BCUT2D eigenvalue weighted by Gasteiger charge is -2.28. The molecule has 0 aliphatic carbocycles. The van der Waals surface area contributed by atoms with E-state index in [1.54, 1.807) is 0 Å². The molecule has 0 aromatic rings. The van der Waals surface area contributed by atoms with Crippen molar-refractivity contribution in [2.24, 2.45) is 23.7 Å². The Labute approximate surface area is 220 Å². The van der Waals surface area contributed by atoms with E-state index in [1.165, 1.54) is 11.0 Å². The van der Waals surface area contributed by atoms with Crippen LogP contribution >= 0.6 is 22.4 Å². The molecule has 0 N–H and O–H groups in total. The molecule has 0 bridgehead atoms. The van der Waals surface area contributed by atoms with Gasteiger partial charge in [-0.15, -0.1) is 0 Å². The maximum Gasteiger partial charge on any atom is 0.256 e. The zero-order chi connectivity index (χ0) is 25.3. The fourth-order valence-electron chi connectivity index (χ4n) is 2.96. The van der Waals surface area contributed by atoms with Crippen LogP contribution in [0.1, 0.15) is 107 Å². The van der Waals surface area contributed by atoms with E-state index in [9.17, 15) is 0 Å². The van der Waals surface area contributed by atoms with Crippen LogP contribution in [0, 0.1) is 23.7 Å². The molecule has 0 aliphatic rings. The van der Waals surface area contributed by atoms with E-state index in [0.717, 1.165) is 51.4 Å². The lowest BCUT2D eigenvalue weighted by atomic mass is 10.1. The highest BCUT2D eigenvalue weighted by molar-refractivity contribution is 8.96.